The first-order valence-corrected chi connectivity index (χ1v) is 9.12. The van der Waals surface area contributed by atoms with Gasteiger partial charge in [-0.2, -0.15) is 0 Å². The molecule has 0 radical (unpaired) electrons. The number of sulfone groups is 1. The summed E-state index contributed by atoms with van der Waals surface area (Å²) in [7, 11) is -0.890. The van der Waals surface area contributed by atoms with Crippen LogP contribution in [0.2, 0.25) is 0 Å². The van der Waals surface area contributed by atoms with E-state index in [-0.39, 0.29) is 12.0 Å². The summed E-state index contributed by atoms with van der Waals surface area (Å²) in [5.74, 6) is 0.912. The van der Waals surface area contributed by atoms with Gasteiger partial charge < -0.3 is 5.32 Å². The summed E-state index contributed by atoms with van der Waals surface area (Å²) < 4.78 is 23.2. The smallest absolute Gasteiger partial charge is 0.150 e. The second-order valence-electron chi connectivity index (χ2n) is 5.81. The minimum Gasteiger partial charge on any atom is -0.313 e. The standard InChI is InChI=1S/C16H20N2O2S/c1-17-16(8-12-6-7-21(19,20)11-12)14-9-13-4-2-3-5-15(13)18-10-14/h2-5,9-10,12,16-17H,6-8,11H2,1H3. The third-order valence-corrected chi connectivity index (χ3v) is 6.10. The number of hydrogen-bond donors (Lipinski definition) is 1. The lowest BCUT2D eigenvalue weighted by atomic mass is 9.94. The van der Waals surface area contributed by atoms with E-state index in [4.69, 9.17) is 0 Å². The first-order chi connectivity index (χ1) is 10.1. The number of fused-ring (bicyclic) bond motifs is 1. The van der Waals surface area contributed by atoms with Gasteiger partial charge in [-0.3, -0.25) is 4.98 Å². The van der Waals surface area contributed by atoms with Crippen molar-refractivity contribution in [1.82, 2.24) is 10.3 Å². The Morgan fingerprint density at radius 2 is 2.19 bits per heavy atom. The molecule has 2 unspecified atom stereocenters. The second-order valence-corrected chi connectivity index (χ2v) is 8.04. The van der Waals surface area contributed by atoms with E-state index in [0.717, 1.165) is 29.3 Å². The van der Waals surface area contributed by atoms with Crippen molar-refractivity contribution in [1.29, 1.82) is 0 Å². The highest BCUT2D eigenvalue weighted by Crippen LogP contribution is 2.29. The van der Waals surface area contributed by atoms with Gasteiger partial charge >= 0.3 is 0 Å². The van der Waals surface area contributed by atoms with Crippen LogP contribution in [0.3, 0.4) is 0 Å². The van der Waals surface area contributed by atoms with E-state index in [9.17, 15) is 8.42 Å². The van der Waals surface area contributed by atoms with Crippen LogP contribution in [0.15, 0.2) is 36.5 Å². The van der Waals surface area contributed by atoms with Crippen LogP contribution in [0.25, 0.3) is 10.9 Å². The zero-order valence-corrected chi connectivity index (χ0v) is 12.9. The molecule has 0 aliphatic carbocycles. The lowest BCUT2D eigenvalue weighted by Gasteiger charge is -2.20. The Kier molecular flexibility index (Phi) is 3.95. The molecule has 21 heavy (non-hydrogen) atoms. The van der Waals surface area contributed by atoms with Gasteiger partial charge in [0, 0.05) is 17.6 Å². The molecule has 4 nitrogen and oxygen atoms in total. The first kappa shape index (κ1) is 14.5. The number of rotatable bonds is 4. The van der Waals surface area contributed by atoms with Crippen LogP contribution >= 0.6 is 0 Å². The molecule has 1 N–H and O–H groups in total. The SMILES string of the molecule is CNC(CC1CCS(=O)(=O)C1)c1cnc2ccccc2c1. The molecule has 2 heterocycles. The van der Waals surface area contributed by atoms with Crippen LogP contribution in [0.5, 0.6) is 0 Å². The van der Waals surface area contributed by atoms with E-state index in [1.54, 1.807) is 0 Å². The number of benzene rings is 1. The van der Waals surface area contributed by atoms with Gasteiger partial charge in [-0.1, -0.05) is 18.2 Å². The third-order valence-electron chi connectivity index (χ3n) is 4.26. The predicted octanol–water partition coefficient (Wildman–Crippen LogP) is 2.32. The molecule has 0 bridgehead atoms. The Morgan fingerprint density at radius 3 is 2.90 bits per heavy atom. The fourth-order valence-corrected chi connectivity index (χ4v) is 4.97. The van der Waals surface area contributed by atoms with Gasteiger partial charge in [0.1, 0.15) is 0 Å². The molecular weight excluding hydrogens is 284 g/mol. The molecule has 0 amide bonds. The maximum Gasteiger partial charge on any atom is 0.150 e. The summed E-state index contributed by atoms with van der Waals surface area (Å²) in [5.41, 5.74) is 2.11. The average molecular weight is 304 g/mol. The van der Waals surface area contributed by atoms with E-state index < -0.39 is 9.84 Å². The number of aromatic nitrogens is 1. The fourth-order valence-electron chi connectivity index (χ4n) is 3.09. The Labute approximate surface area is 125 Å². The molecule has 1 fully saturated rings. The third kappa shape index (κ3) is 3.24. The van der Waals surface area contributed by atoms with E-state index in [2.05, 4.69) is 22.4 Å². The molecular formula is C16H20N2O2S. The van der Waals surface area contributed by atoms with E-state index in [1.165, 1.54) is 0 Å². The fraction of sp³-hybridized carbons (Fsp3) is 0.438. The highest BCUT2D eigenvalue weighted by molar-refractivity contribution is 7.91. The number of nitrogens with zero attached hydrogens (tertiary/aromatic N) is 1. The molecule has 2 aromatic rings. The Bertz CT molecular complexity index is 743. The second kappa shape index (κ2) is 5.73. The predicted molar refractivity (Wildman–Crippen MR) is 84.9 cm³/mol. The molecule has 1 aliphatic heterocycles. The van der Waals surface area contributed by atoms with Crippen molar-refractivity contribution in [3.63, 3.8) is 0 Å². The van der Waals surface area contributed by atoms with Crippen molar-refractivity contribution in [2.24, 2.45) is 5.92 Å². The van der Waals surface area contributed by atoms with Crippen molar-refractivity contribution in [3.8, 4) is 0 Å². The summed E-state index contributed by atoms with van der Waals surface area (Å²) >= 11 is 0. The number of para-hydroxylation sites is 1. The van der Waals surface area contributed by atoms with Gasteiger partial charge in [0.2, 0.25) is 0 Å². The summed E-state index contributed by atoms with van der Waals surface area (Å²) in [6.07, 6.45) is 3.52. The number of pyridine rings is 1. The van der Waals surface area contributed by atoms with Crippen molar-refractivity contribution < 1.29 is 8.42 Å². The van der Waals surface area contributed by atoms with Gasteiger partial charge in [0.25, 0.3) is 0 Å². The van der Waals surface area contributed by atoms with E-state index in [0.29, 0.717) is 11.5 Å². The zero-order chi connectivity index (χ0) is 14.9. The monoisotopic (exact) mass is 304 g/mol. The summed E-state index contributed by atoms with van der Waals surface area (Å²) in [5, 5.41) is 4.42. The quantitative estimate of drug-likeness (QED) is 0.942. The van der Waals surface area contributed by atoms with Crippen LogP contribution in [0.4, 0.5) is 0 Å². The van der Waals surface area contributed by atoms with Gasteiger partial charge in [-0.15, -0.1) is 0 Å². The van der Waals surface area contributed by atoms with Gasteiger partial charge in [0.05, 0.1) is 17.0 Å². The maximum atomic E-state index is 11.6. The Balaban J connectivity index is 1.81. The molecule has 1 aromatic heterocycles. The highest BCUT2D eigenvalue weighted by Gasteiger charge is 2.29. The minimum atomic E-state index is -2.81. The highest BCUT2D eigenvalue weighted by atomic mass is 32.2. The summed E-state index contributed by atoms with van der Waals surface area (Å²) in [6.45, 7) is 0. The molecule has 1 aliphatic rings. The van der Waals surface area contributed by atoms with Crippen molar-refractivity contribution >= 4 is 20.7 Å². The lowest BCUT2D eigenvalue weighted by Crippen LogP contribution is -2.20. The molecule has 5 heteroatoms. The normalized spacial score (nSPS) is 22.4. The summed E-state index contributed by atoms with van der Waals surface area (Å²) in [6, 6.07) is 10.3. The van der Waals surface area contributed by atoms with Crippen LogP contribution in [0, 0.1) is 5.92 Å². The van der Waals surface area contributed by atoms with Crippen molar-refractivity contribution in [3.05, 3.63) is 42.1 Å². The maximum absolute atomic E-state index is 11.6. The largest absolute Gasteiger partial charge is 0.313 e. The van der Waals surface area contributed by atoms with E-state index >= 15 is 0 Å². The molecule has 1 aromatic carbocycles. The Morgan fingerprint density at radius 1 is 1.38 bits per heavy atom. The molecule has 1 saturated heterocycles. The minimum absolute atomic E-state index is 0.153. The van der Waals surface area contributed by atoms with Gasteiger partial charge in [0.15, 0.2) is 9.84 Å². The molecule has 112 valence electrons. The molecule has 0 spiro atoms. The van der Waals surface area contributed by atoms with Crippen LogP contribution in [-0.2, 0) is 9.84 Å². The number of hydrogen-bond acceptors (Lipinski definition) is 4. The lowest BCUT2D eigenvalue weighted by molar-refractivity contribution is 0.437. The molecule has 3 rings (SSSR count). The van der Waals surface area contributed by atoms with Crippen molar-refractivity contribution in [2.75, 3.05) is 18.6 Å². The van der Waals surface area contributed by atoms with Crippen LogP contribution in [0.1, 0.15) is 24.4 Å². The first-order valence-electron chi connectivity index (χ1n) is 7.30. The van der Waals surface area contributed by atoms with E-state index in [1.807, 2.05) is 31.4 Å². The number of nitrogens with one attached hydrogen (secondary N) is 1. The summed E-state index contributed by atoms with van der Waals surface area (Å²) in [4.78, 5) is 4.49. The van der Waals surface area contributed by atoms with Crippen molar-refractivity contribution in [2.45, 2.75) is 18.9 Å². The molecule has 0 saturated carbocycles. The molecule has 2 atom stereocenters. The van der Waals surface area contributed by atoms with Gasteiger partial charge in [-0.05, 0) is 43.5 Å². The average Bonchev–Trinajstić information content (AvgIpc) is 2.83. The van der Waals surface area contributed by atoms with Gasteiger partial charge in [-0.25, -0.2) is 8.42 Å². The zero-order valence-electron chi connectivity index (χ0n) is 12.1. The Hall–Kier alpha value is -1.46. The van der Waals surface area contributed by atoms with Crippen LogP contribution in [-0.4, -0.2) is 32.0 Å². The topological polar surface area (TPSA) is 59.1 Å². The van der Waals surface area contributed by atoms with Crippen LogP contribution < -0.4 is 5.32 Å².